The van der Waals surface area contributed by atoms with Crippen molar-refractivity contribution in [2.24, 2.45) is 0 Å². The van der Waals surface area contributed by atoms with Gasteiger partial charge in [0.1, 0.15) is 18.4 Å². The van der Waals surface area contributed by atoms with E-state index < -0.39 is 16.1 Å². The quantitative estimate of drug-likeness (QED) is 0.696. The summed E-state index contributed by atoms with van der Waals surface area (Å²) in [4.78, 5) is 12.7. The maximum absolute atomic E-state index is 12.9. The maximum atomic E-state index is 12.9. The molecule has 0 radical (unpaired) electrons. The van der Waals surface area contributed by atoms with Gasteiger partial charge in [-0.25, -0.2) is 8.42 Å². The molecule has 0 unspecified atom stereocenters. The summed E-state index contributed by atoms with van der Waals surface area (Å²) in [6.45, 7) is 2.93. The first-order valence-corrected chi connectivity index (χ1v) is 10.9. The molecule has 1 amide bonds. The van der Waals surface area contributed by atoms with E-state index in [2.05, 4.69) is 5.32 Å². The normalized spacial score (nSPS) is 17.4. The third kappa shape index (κ3) is 4.84. The number of hydrogen-bond acceptors (Lipinski definition) is 4. The summed E-state index contributed by atoms with van der Waals surface area (Å²) in [5.41, 5.74) is 1.14. The molecule has 0 aliphatic carbocycles. The number of hydrogen-bond donors (Lipinski definition) is 1. The van der Waals surface area contributed by atoms with Crippen LogP contribution in [0.25, 0.3) is 0 Å². The number of carbonyl (C=O) groups is 1. The van der Waals surface area contributed by atoms with Crippen LogP contribution >= 0.6 is 11.6 Å². The van der Waals surface area contributed by atoms with E-state index in [1.165, 1.54) is 28.6 Å². The van der Waals surface area contributed by atoms with Crippen molar-refractivity contribution in [3.8, 4) is 5.75 Å². The van der Waals surface area contributed by atoms with Gasteiger partial charge in [-0.2, -0.15) is 4.31 Å². The summed E-state index contributed by atoms with van der Waals surface area (Å²) < 4.78 is 32.6. The lowest BCUT2D eigenvalue weighted by Crippen LogP contribution is -2.46. The second kappa shape index (κ2) is 8.94. The number of ether oxygens (including phenoxy) is 1. The first-order valence-electron chi connectivity index (χ1n) is 9.12. The van der Waals surface area contributed by atoms with Crippen LogP contribution in [0.4, 0.5) is 0 Å². The van der Waals surface area contributed by atoms with Crippen LogP contribution in [-0.4, -0.2) is 44.4 Å². The van der Waals surface area contributed by atoms with Crippen molar-refractivity contribution in [1.82, 2.24) is 9.62 Å². The minimum Gasteiger partial charge on any atom is -0.492 e. The fourth-order valence-electron chi connectivity index (χ4n) is 3.13. The van der Waals surface area contributed by atoms with Crippen LogP contribution in [0.5, 0.6) is 5.75 Å². The SMILES string of the molecule is Cc1ccc(OCCNC(=O)[C@@H]2CCCN2S(=O)(=O)c2ccc(Cl)cc2)cc1. The van der Waals surface area contributed by atoms with Crippen LogP contribution in [0.3, 0.4) is 0 Å². The van der Waals surface area contributed by atoms with E-state index in [9.17, 15) is 13.2 Å². The van der Waals surface area contributed by atoms with Gasteiger partial charge < -0.3 is 10.1 Å². The Bertz CT molecular complexity index is 914. The summed E-state index contributed by atoms with van der Waals surface area (Å²) in [5, 5.41) is 3.24. The zero-order chi connectivity index (χ0) is 20.1. The number of nitrogens with one attached hydrogen (secondary N) is 1. The highest BCUT2D eigenvalue weighted by Gasteiger charge is 2.39. The second-order valence-corrected chi connectivity index (χ2v) is 9.01. The lowest BCUT2D eigenvalue weighted by atomic mass is 10.2. The van der Waals surface area contributed by atoms with E-state index in [1.54, 1.807) is 0 Å². The largest absolute Gasteiger partial charge is 0.492 e. The lowest BCUT2D eigenvalue weighted by molar-refractivity contribution is -0.124. The van der Waals surface area contributed by atoms with E-state index in [0.717, 1.165) is 11.3 Å². The molecular weight excluding hydrogens is 400 g/mol. The molecule has 1 N–H and O–H groups in total. The van der Waals surface area contributed by atoms with Crippen molar-refractivity contribution in [3.05, 3.63) is 59.1 Å². The fourth-order valence-corrected chi connectivity index (χ4v) is 4.91. The summed E-state index contributed by atoms with van der Waals surface area (Å²) in [6.07, 6.45) is 1.14. The van der Waals surface area contributed by atoms with Crippen LogP contribution in [0.2, 0.25) is 5.02 Å². The van der Waals surface area contributed by atoms with E-state index in [-0.39, 0.29) is 10.8 Å². The zero-order valence-electron chi connectivity index (χ0n) is 15.6. The standard InChI is InChI=1S/C20H23ClN2O4S/c1-15-4-8-17(9-5-15)27-14-12-22-20(24)19-3-2-13-23(19)28(25,26)18-10-6-16(21)7-11-18/h4-11,19H,2-3,12-14H2,1H3,(H,22,24)/t19-/m0/s1. The van der Waals surface area contributed by atoms with Crippen LogP contribution in [0.15, 0.2) is 53.4 Å². The van der Waals surface area contributed by atoms with Crippen LogP contribution in [0.1, 0.15) is 18.4 Å². The Hall–Kier alpha value is -2.09. The monoisotopic (exact) mass is 422 g/mol. The van der Waals surface area contributed by atoms with Gasteiger partial charge in [0, 0.05) is 11.6 Å². The van der Waals surface area contributed by atoms with Crippen molar-refractivity contribution in [1.29, 1.82) is 0 Å². The number of aryl methyl sites for hydroxylation is 1. The molecule has 3 rings (SSSR count). The smallest absolute Gasteiger partial charge is 0.243 e. The highest BCUT2D eigenvalue weighted by atomic mass is 35.5. The Kier molecular flexibility index (Phi) is 6.59. The third-order valence-electron chi connectivity index (χ3n) is 4.62. The summed E-state index contributed by atoms with van der Waals surface area (Å²) in [7, 11) is -3.74. The number of amides is 1. The predicted octanol–water partition coefficient (Wildman–Crippen LogP) is 3.00. The van der Waals surface area contributed by atoms with Gasteiger partial charge in [-0.05, 0) is 56.2 Å². The average molecular weight is 423 g/mol. The van der Waals surface area contributed by atoms with E-state index in [4.69, 9.17) is 16.3 Å². The number of benzene rings is 2. The molecule has 2 aromatic rings. The Morgan fingerprint density at radius 1 is 1.18 bits per heavy atom. The van der Waals surface area contributed by atoms with Crippen molar-refractivity contribution in [2.75, 3.05) is 19.7 Å². The molecule has 150 valence electrons. The van der Waals surface area contributed by atoms with Gasteiger partial charge in [-0.15, -0.1) is 0 Å². The molecule has 1 fully saturated rings. The predicted molar refractivity (Wildman–Crippen MR) is 108 cm³/mol. The van der Waals surface area contributed by atoms with Gasteiger partial charge in [0.15, 0.2) is 0 Å². The molecular formula is C20H23ClN2O4S. The van der Waals surface area contributed by atoms with E-state index >= 15 is 0 Å². The van der Waals surface area contributed by atoms with Gasteiger partial charge in [0.05, 0.1) is 11.4 Å². The first kappa shape index (κ1) is 20.6. The molecule has 2 aromatic carbocycles. The van der Waals surface area contributed by atoms with Gasteiger partial charge in [-0.1, -0.05) is 29.3 Å². The molecule has 0 bridgehead atoms. The van der Waals surface area contributed by atoms with Gasteiger partial charge in [-0.3, -0.25) is 4.79 Å². The molecule has 6 nitrogen and oxygen atoms in total. The van der Waals surface area contributed by atoms with E-state index in [1.807, 2.05) is 31.2 Å². The second-order valence-electron chi connectivity index (χ2n) is 6.68. The number of rotatable bonds is 7. The zero-order valence-corrected chi connectivity index (χ0v) is 17.2. The van der Waals surface area contributed by atoms with Crippen molar-refractivity contribution < 1.29 is 17.9 Å². The highest BCUT2D eigenvalue weighted by molar-refractivity contribution is 7.89. The first-order chi connectivity index (χ1) is 13.4. The van der Waals surface area contributed by atoms with Gasteiger partial charge in [0.2, 0.25) is 15.9 Å². The Morgan fingerprint density at radius 3 is 2.54 bits per heavy atom. The van der Waals surface area contributed by atoms with Crippen LogP contribution in [0, 0.1) is 6.92 Å². The molecule has 0 saturated carbocycles. The Labute approximate surface area is 170 Å². The summed E-state index contributed by atoms with van der Waals surface area (Å²) >= 11 is 5.84. The van der Waals surface area contributed by atoms with Crippen LogP contribution < -0.4 is 10.1 Å². The number of halogens is 1. The van der Waals surface area contributed by atoms with Crippen molar-refractivity contribution in [2.45, 2.75) is 30.7 Å². The average Bonchev–Trinajstić information content (AvgIpc) is 3.18. The van der Waals surface area contributed by atoms with Crippen LogP contribution in [-0.2, 0) is 14.8 Å². The fraction of sp³-hybridized carbons (Fsp3) is 0.350. The highest BCUT2D eigenvalue weighted by Crippen LogP contribution is 2.27. The molecule has 28 heavy (non-hydrogen) atoms. The number of sulfonamides is 1. The van der Waals surface area contributed by atoms with E-state index in [0.29, 0.717) is 37.6 Å². The Balaban J connectivity index is 1.56. The Morgan fingerprint density at radius 2 is 1.86 bits per heavy atom. The van der Waals surface area contributed by atoms with Gasteiger partial charge >= 0.3 is 0 Å². The minimum atomic E-state index is -3.74. The molecule has 1 aliphatic rings. The molecule has 1 aliphatic heterocycles. The van der Waals surface area contributed by atoms with Crippen molar-refractivity contribution >= 4 is 27.5 Å². The maximum Gasteiger partial charge on any atom is 0.243 e. The lowest BCUT2D eigenvalue weighted by Gasteiger charge is -2.23. The molecule has 0 aromatic heterocycles. The summed E-state index contributed by atoms with van der Waals surface area (Å²) in [5.74, 6) is 0.426. The molecule has 1 saturated heterocycles. The number of nitrogens with zero attached hydrogens (tertiary/aromatic N) is 1. The molecule has 0 spiro atoms. The van der Waals surface area contributed by atoms with Gasteiger partial charge in [0.25, 0.3) is 0 Å². The molecule has 1 heterocycles. The molecule has 8 heteroatoms. The third-order valence-corrected chi connectivity index (χ3v) is 6.79. The summed E-state index contributed by atoms with van der Waals surface area (Å²) in [6, 6.07) is 12.9. The molecule has 1 atom stereocenters. The minimum absolute atomic E-state index is 0.138. The van der Waals surface area contributed by atoms with Crippen molar-refractivity contribution in [3.63, 3.8) is 0 Å². The topological polar surface area (TPSA) is 75.7 Å². The number of carbonyl (C=O) groups excluding carboxylic acids is 1.